The molecule has 1 aromatic heterocycles. The van der Waals surface area contributed by atoms with E-state index in [2.05, 4.69) is 25.9 Å². The minimum absolute atomic E-state index is 0.179. The van der Waals surface area contributed by atoms with Gasteiger partial charge in [0.15, 0.2) is 5.78 Å². The van der Waals surface area contributed by atoms with Gasteiger partial charge >= 0.3 is 0 Å². The van der Waals surface area contributed by atoms with Gasteiger partial charge in [-0.3, -0.25) is 4.79 Å². The molecule has 0 bridgehead atoms. The summed E-state index contributed by atoms with van der Waals surface area (Å²) in [5, 5.41) is 25.6. The van der Waals surface area contributed by atoms with Gasteiger partial charge in [0.2, 0.25) is 5.82 Å². The van der Waals surface area contributed by atoms with Gasteiger partial charge in [-0.1, -0.05) is 12.1 Å². The Hall–Kier alpha value is -3.01. The molecule has 0 aliphatic heterocycles. The Morgan fingerprint density at radius 2 is 2.23 bits per heavy atom. The summed E-state index contributed by atoms with van der Waals surface area (Å²) in [6, 6.07) is 7.63. The third kappa shape index (κ3) is 2.72. The van der Waals surface area contributed by atoms with Gasteiger partial charge in [-0.2, -0.15) is 10.5 Å². The van der Waals surface area contributed by atoms with Crippen LogP contribution in [-0.2, 0) is 6.42 Å². The van der Waals surface area contributed by atoms with E-state index in [-0.39, 0.29) is 17.2 Å². The van der Waals surface area contributed by atoms with Crippen molar-refractivity contribution in [2.45, 2.75) is 25.7 Å². The Kier molecular flexibility index (Phi) is 3.92. The maximum Gasteiger partial charge on any atom is 0.216 e. The first-order valence-electron chi connectivity index (χ1n) is 7.05. The minimum atomic E-state index is 0.179. The summed E-state index contributed by atoms with van der Waals surface area (Å²) < 4.78 is 0. The SMILES string of the molecule is N#CC(=CNc1cccc2c1CCCCC2=O)c1nn[nH]n1. The van der Waals surface area contributed by atoms with E-state index >= 15 is 0 Å². The number of benzene rings is 1. The molecule has 0 amide bonds. The normalized spacial score (nSPS) is 14.9. The van der Waals surface area contributed by atoms with E-state index in [9.17, 15) is 4.79 Å². The lowest BCUT2D eigenvalue weighted by Crippen LogP contribution is -2.03. The van der Waals surface area contributed by atoms with Crippen LogP contribution in [-0.4, -0.2) is 26.4 Å². The molecule has 1 aliphatic carbocycles. The number of anilines is 1. The fourth-order valence-corrected chi connectivity index (χ4v) is 2.55. The number of ketones is 1. The highest BCUT2D eigenvalue weighted by atomic mass is 16.1. The summed E-state index contributed by atoms with van der Waals surface area (Å²) in [6.45, 7) is 0. The summed E-state index contributed by atoms with van der Waals surface area (Å²) >= 11 is 0. The van der Waals surface area contributed by atoms with Crippen molar-refractivity contribution in [2.75, 3.05) is 5.32 Å². The first kappa shape index (κ1) is 13.9. The van der Waals surface area contributed by atoms with Crippen molar-refractivity contribution in [2.24, 2.45) is 0 Å². The van der Waals surface area contributed by atoms with E-state index in [0.29, 0.717) is 6.42 Å². The van der Waals surface area contributed by atoms with Gasteiger partial charge in [-0.25, -0.2) is 0 Å². The number of rotatable bonds is 3. The molecule has 0 atom stereocenters. The largest absolute Gasteiger partial charge is 0.360 e. The van der Waals surface area contributed by atoms with Gasteiger partial charge < -0.3 is 5.32 Å². The van der Waals surface area contributed by atoms with Crippen molar-refractivity contribution in [1.82, 2.24) is 20.6 Å². The first-order chi connectivity index (χ1) is 10.8. The highest BCUT2D eigenvalue weighted by Crippen LogP contribution is 2.27. The number of H-pyrrole nitrogens is 1. The van der Waals surface area contributed by atoms with Crippen molar-refractivity contribution < 1.29 is 4.79 Å². The van der Waals surface area contributed by atoms with Crippen LogP contribution in [0.2, 0.25) is 0 Å². The molecule has 1 aromatic carbocycles. The molecular formula is C15H14N6O. The van der Waals surface area contributed by atoms with Gasteiger partial charge in [-0.15, -0.1) is 10.2 Å². The average molecular weight is 294 g/mol. The summed E-state index contributed by atoms with van der Waals surface area (Å²) in [5.41, 5.74) is 2.89. The smallest absolute Gasteiger partial charge is 0.216 e. The van der Waals surface area contributed by atoms with E-state index < -0.39 is 0 Å². The zero-order valence-electron chi connectivity index (χ0n) is 11.8. The fourth-order valence-electron chi connectivity index (χ4n) is 2.55. The van der Waals surface area contributed by atoms with Crippen LogP contribution in [0.25, 0.3) is 5.57 Å². The van der Waals surface area contributed by atoms with Crippen LogP contribution in [0, 0.1) is 11.3 Å². The van der Waals surface area contributed by atoms with E-state index in [1.165, 1.54) is 6.20 Å². The van der Waals surface area contributed by atoms with E-state index in [1.807, 2.05) is 24.3 Å². The molecule has 0 fully saturated rings. The number of aromatic amines is 1. The maximum atomic E-state index is 12.1. The number of Topliss-reactive ketones (excluding diaryl/α,β-unsaturated/α-hetero) is 1. The van der Waals surface area contributed by atoms with Crippen LogP contribution in [0.3, 0.4) is 0 Å². The molecule has 0 radical (unpaired) electrons. The molecule has 2 aromatic rings. The Morgan fingerprint density at radius 1 is 1.36 bits per heavy atom. The van der Waals surface area contributed by atoms with Gasteiger partial charge in [-0.05, 0) is 36.1 Å². The molecule has 22 heavy (non-hydrogen) atoms. The van der Waals surface area contributed by atoms with Crippen LogP contribution in [0.1, 0.15) is 41.0 Å². The Bertz CT molecular complexity index is 757. The van der Waals surface area contributed by atoms with Gasteiger partial charge in [0.25, 0.3) is 0 Å². The molecule has 1 aliphatic rings. The van der Waals surface area contributed by atoms with Crippen molar-refractivity contribution in [3.05, 3.63) is 41.4 Å². The number of nitrogens with one attached hydrogen (secondary N) is 2. The minimum Gasteiger partial charge on any atom is -0.360 e. The molecule has 7 heteroatoms. The average Bonchev–Trinajstić information content (AvgIpc) is 3.00. The predicted octanol–water partition coefficient (Wildman–Crippen LogP) is 2.09. The lowest BCUT2D eigenvalue weighted by molar-refractivity contribution is 0.0982. The van der Waals surface area contributed by atoms with Crippen LogP contribution in [0.4, 0.5) is 5.69 Å². The Balaban J connectivity index is 1.92. The second kappa shape index (κ2) is 6.18. The third-order valence-corrected chi connectivity index (χ3v) is 3.64. The Morgan fingerprint density at radius 3 is 3.00 bits per heavy atom. The number of carbonyl (C=O) groups is 1. The molecule has 7 nitrogen and oxygen atoms in total. The number of allylic oxidation sites excluding steroid dienone is 1. The number of carbonyl (C=O) groups excluding carboxylic acids is 1. The molecule has 110 valence electrons. The summed E-state index contributed by atoms with van der Waals surface area (Å²) in [5.74, 6) is 0.409. The van der Waals surface area contributed by atoms with Crippen LogP contribution in [0.5, 0.6) is 0 Å². The molecular weight excluding hydrogens is 280 g/mol. The first-order valence-corrected chi connectivity index (χ1v) is 7.05. The molecule has 2 N–H and O–H groups in total. The molecule has 1 heterocycles. The number of tetrazole rings is 1. The number of hydrogen-bond acceptors (Lipinski definition) is 6. The maximum absolute atomic E-state index is 12.1. The molecule has 3 rings (SSSR count). The highest BCUT2D eigenvalue weighted by molar-refractivity contribution is 5.99. The quantitative estimate of drug-likeness (QED) is 0.663. The Labute approximate surface area is 127 Å². The van der Waals surface area contributed by atoms with Crippen LogP contribution in [0.15, 0.2) is 24.4 Å². The molecule has 0 unspecified atom stereocenters. The predicted molar refractivity (Wildman–Crippen MR) is 79.7 cm³/mol. The zero-order chi connectivity index (χ0) is 15.4. The standard InChI is InChI=1S/C15H14N6O/c16-8-10(15-18-20-21-19-15)9-17-13-6-3-5-12-11(13)4-1-2-7-14(12)22/h3,5-6,9,17H,1-2,4,7H2,(H,18,19,20,21). The fraction of sp³-hybridized carbons (Fsp3) is 0.267. The van der Waals surface area contributed by atoms with E-state index in [0.717, 1.165) is 36.1 Å². The lowest BCUT2D eigenvalue weighted by Gasteiger charge is -2.11. The third-order valence-electron chi connectivity index (χ3n) is 3.64. The van der Waals surface area contributed by atoms with Crippen molar-refractivity contribution >= 4 is 17.0 Å². The van der Waals surface area contributed by atoms with Gasteiger partial charge in [0, 0.05) is 23.9 Å². The zero-order valence-corrected chi connectivity index (χ0v) is 11.8. The summed E-state index contributed by atoms with van der Waals surface area (Å²) in [4.78, 5) is 12.1. The van der Waals surface area contributed by atoms with Crippen molar-refractivity contribution in [3.8, 4) is 6.07 Å². The summed E-state index contributed by atoms with van der Waals surface area (Å²) in [6.07, 6.45) is 4.88. The monoisotopic (exact) mass is 294 g/mol. The van der Waals surface area contributed by atoms with Gasteiger partial charge in [0.05, 0.1) is 0 Å². The molecule has 0 spiro atoms. The van der Waals surface area contributed by atoms with Crippen LogP contribution >= 0.6 is 0 Å². The summed E-state index contributed by atoms with van der Waals surface area (Å²) in [7, 11) is 0. The molecule has 0 saturated heterocycles. The number of nitriles is 1. The lowest BCUT2D eigenvalue weighted by atomic mass is 10.00. The number of nitrogens with zero attached hydrogens (tertiary/aromatic N) is 4. The van der Waals surface area contributed by atoms with Crippen molar-refractivity contribution in [1.29, 1.82) is 5.26 Å². The van der Waals surface area contributed by atoms with E-state index in [1.54, 1.807) is 0 Å². The topological polar surface area (TPSA) is 107 Å². The molecule has 0 saturated carbocycles. The second-order valence-corrected chi connectivity index (χ2v) is 5.01. The number of aromatic nitrogens is 4. The van der Waals surface area contributed by atoms with Gasteiger partial charge in [0.1, 0.15) is 11.6 Å². The van der Waals surface area contributed by atoms with E-state index in [4.69, 9.17) is 5.26 Å². The number of fused-ring (bicyclic) bond motifs is 1. The van der Waals surface area contributed by atoms with Crippen LogP contribution < -0.4 is 5.32 Å². The van der Waals surface area contributed by atoms with Crippen molar-refractivity contribution in [3.63, 3.8) is 0 Å². The second-order valence-electron chi connectivity index (χ2n) is 5.01. The number of hydrogen-bond donors (Lipinski definition) is 2. The highest BCUT2D eigenvalue weighted by Gasteiger charge is 2.17.